The first-order chi connectivity index (χ1) is 7.34. The van der Waals surface area contributed by atoms with Gasteiger partial charge in [0.2, 0.25) is 0 Å². The van der Waals surface area contributed by atoms with E-state index < -0.39 is 0 Å². The molecule has 88 valence electrons. The average Bonchev–Trinajstić information content (AvgIpc) is 2.74. The Morgan fingerprint density at radius 3 is 2.67 bits per heavy atom. The van der Waals surface area contributed by atoms with Crippen LogP contribution in [0.5, 0.6) is 0 Å². The minimum Gasteiger partial charge on any atom is -0.314 e. The monoisotopic (exact) mass is 210 g/mol. The lowest BCUT2D eigenvalue weighted by molar-refractivity contribution is 0.188. The van der Waals surface area contributed by atoms with E-state index in [9.17, 15) is 0 Å². The van der Waals surface area contributed by atoms with E-state index in [2.05, 4.69) is 17.1 Å². The van der Waals surface area contributed by atoms with Gasteiger partial charge in [-0.1, -0.05) is 6.92 Å². The molecule has 2 rings (SSSR count). The summed E-state index contributed by atoms with van der Waals surface area (Å²) in [5, 5.41) is 3.58. The molecule has 0 spiro atoms. The van der Waals surface area contributed by atoms with Gasteiger partial charge in [0.25, 0.3) is 0 Å². The summed E-state index contributed by atoms with van der Waals surface area (Å²) in [4.78, 5) is 2.66. The molecule has 2 heterocycles. The van der Waals surface area contributed by atoms with Gasteiger partial charge in [0.05, 0.1) is 0 Å². The van der Waals surface area contributed by atoms with Crippen molar-refractivity contribution in [2.45, 2.75) is 51.5 Å². The Kier molecular flexibility index (Phi) is 4.45. The lowest BCUT2D eigenvalue weighted by Crippen LogP contribution is -2.34. The molecule has 1 unspecified atom stereocenters. The summed E-state index contributed by atoms with van der Waals surface area (Å²) < 4.78 is 0. The van der Waals surface area contributed by atoms with Gasteiger partial charge >= 0.3 is 0 Å². The van der Waals surface area contributed by atoms with Crippen molar-refractivity contribution in [3.05, 3.63) is 0 Å². The molecule has 0 aliphatic carbocycles. The van der Waals surface area contributed by atoms with E-state index in [4.69, 9.17) is 0 Å². The van der Waals surface area contributed by atoms with Gasteiger partial charge in [0.1, 0.15) is 0 Å². The molecule has 0 radical (unpaired) electrons. The van der Waals surface area contributed by atoms with Crippen molar-refractivity contribution >= 4 is 0 Å². The molecule has 2 heteroatoms. The van der Waals surface area contributed by atoms with Crippen LogP contribution in [0.1, 0.15) is 45.4 Å². The van der Waals surface area contributed by atoms with E-state index in [1.165, 1.54) is 64.7 Å². The van der Waals surface area contributed by atoms with Gasteiger partial charge in [-0.2, -0.15) is 0 Å². The summed E-state index contributed by atoms with van der Waals surface area (Å²) in [5.74, 6) is 0.970. The molecule has 2 fully saturated rings. The number of hydrogen-bond acceptors (Lipinski definition) is 2. The van der Waals surface area contributed by atoms with Crippen molar-refractivity contribution in [3.8, 4) is 0 Å². The normalized spacial score (nSPS) is 29.8. The van der Waals surface area contributed by atoms with Crippen LogP contribution in [0, 0.1) is 5.92 Å². The summed E-state index contributed by atoms with van der Waals surface area (Å²) in [6.07, 6.45) is 8.43. The number of nitrogens with one attached hydrogen (secondary N) is 1. The smallest absolute Gasteiger partial charge is 0.00680 e. The molecular formula is C13H26N2. The highest BCUT2D eigenvalue weighted by Gasteiger charge is 2.17. The van der Waals surface area contributed by atoms with Crippen LogP contribution >= 0.6 is 0 Å². The lowest BCUT2D eigenvalue weighted by atomic mass is 9.99. The molecule has 2 nitrogen and oxygen atoms in total. The fourth-order valence-corrected chi connectivity index (χ4v) is 2.85. The van der Waals surface area contributed by atoms with Gasteiger partial charge in [-0.25, -0.2) is 0 Å². The zero-order valence-electron chi connectivity index (χ0n) is 10.2. The second kappa shape index (κ2) is 5.86. The average molecular weight is 210 g/mol. The summed E-state index contributed by atoms with van der Waals surface area (Å²) in [6.45, 7) is 7.68. The molecule has 2 saturated heterocycles. The molecule has 0 bridgehead atoms. The van der Waals surface area contributed by atoms with Crippen molar-refractivity contribution in [2.75, 3.05) is 26.2 Å². The van der Waals surface area contributed by atoms with Crippen molar-refractivity contribution < 1.29 is 0 Å². The first-order valence-corrected chi connectivity index (χ1v) is 6.80. The van der Waals surface area contributed by atoms with Crippen LogP contribution in [0.3, 0.4) is 0 Å². The highest BCUT2D eigenvalue weighted by molar-refractivity contribution is 4.75. The topological polar surface area (TPSA) is 15.3 Å². The van der Waals surface area contributed by atoms with Crippen LogP contribution in [0.15, 0.2) is 0 Å². The Hall–Kier alpha value is -0.0800. The fourth-order valence-electron chi connectivity index (χ4n) is 2.85. The second-order valence-electron chi connectivity index (χ2n) is 5.46. The van der Waals surface area contributed by atoms with Crippen molar-refractivity contribution in [1.29, 1.82) is 0 Å². The maximum absolute atomic E-state index is 3.58. The van der Waals surface area contributed by atoms with Gasteiger partial charge < -0.3 is 10.2 Å². The number of piperidine rings is 1. The molecule has 0 saturated carbocycles. The zero-order chi connectivity index (χ0) is 10.5. The summed E-state index contributed by atoms with van der Waals surface area (Å²) in [5.41, 5.74) is 0. The SMILES string of the molecule is CC1CCN(CCCC2CCCN2)CC1. The molecule has 2 aliphatic heterocycles. The van der Waals surface area contributed by atoms with E-state index >= 15 is 0 Å². The van der Waals surface area contributed by atoms with Gasteiger partial charge in [0, 0.05) is 6.04 Å². The quantitative estimate of drug-likeness (QED) is 0.765. The van der Waals surface area contributed by atoms with E-state index in [-0.39, 0.29) is 0 Å². The summed E-state index contributed by atoms with van der Waals surface area (Å²) in [7, 11) is 0. The third-order valence-corrected chi connectivity index (χ3v) is 4.07. The number of hydrogen-bond donors (Lipinski definition) is 1. The molecule has 15 heavy (non-hydrogen) atoms. The zero-order valence-corrected chi connectivity index (χ0v) is 10.2. The predicted octanol–water partition coefficient (Wildman–Crippen LogP) is 2.25. The maximum Gasteiger partial charge on any atom is 0.00680 e. The van der Waals surface area contributed by atoms with Gasteiger partial charge in [0.15, 0.2) is 0 Å². The van der Waals surface area contributed by atoms with Crippen molar-refractivity contribution in [2.24, 2.45) is 5.92 Å². The van der Waals surface area contributed by atoms with Crippen LogP contribution in [-0.2, 0) is 0 Å². The standard InChI is InChI=1S/C13H26N2/c1-12-6-10-15(11-7-12)9-3-5-13-4-2-8-14-13/h12-14H,2-11H2,1H3. The molecule has 1 atom stereocenters. The minimum absolute atomic E-state index is 0.841. The van der Waals surface area contributed by atoms with Gasteiger partial charge in [-0.3, -0.25) is 0 Å². The molecule has 1 N–H and O–H groups in total. The van der Waals surface area contributed by atoms with Crippen LogP contribution in [-0.4, -0.2) is 37.1 Å². The third kappa shape index (κ3) is 3.76. The Morgan fingerprint density at radius 1 is 1.20 bits per heavy atom. The minimum atomic E-state index is 0.841. The molecule has 0 aromatic heterocycles. The Morgan fingerprint density at radius 2 is 2.00 bits per heavy atom. The highest BCUT2D eigenvalue weighted by atomic mass is 15.1. The number of likely N-dealkylation sites (tertiary alicyclic amines) is 1. The van der Waals surface area contributed by atoms with E-state index in [0.29, 0.717) is 0 Å². The van der Waals surface area contributed by atoms with Crippen LogP contribution < -0.4 is 5.32 Å². The van der Waals surface area contributed by atoms with Gasteiger partial charge in [-0.05, 0) is 70.6 Å². The van der Waals surface area contributed by atoms with E-state index in [1.54, 1.807) is 0 Å². The Labute approximate surface area is 94.4 Å². The highest BCUT2D eigenvalue weighted by Crippen LogP contribution is 2.17. The third-order valence-electron chi connectivity index (χ3n) is 4.07. The first kappa shape index (κ1) is 11.4. The molecular weight excluding hydrogens is 184 g/mol. The fraction of sp³-hybridized carbons (Fsp3) is 1.00. The summed E-state index contributed by atoms with van der Waals surface area (Å²) >= 11 is 0. The molecule has 2 aliphatic rings. The van der Waals surface area contributed by atoms with Crippen molar-refractivity contribution in [1.82, 2.24) is 10.2 Å². The van der Waals surface area contributed by atoms with Gasteiger partial charge in [-0.15, -0.1) is 0 Å². The second-order valence-corrected chi connectivity index (χ2v) is 5.46. The van der Waals surface area contributed by atoms with E-state index in [1.807, 2.05) is 0 Å². The van der Waals surface area contributed by atoms with Crippen LogP contribution in [0.4, 0.5) is 0 Å². The molecule has 0 aromatic rings. The molecule has 0 aromatic carbocycles. The summed E-state index contributed by atoms with van der Waals surface area (Å²) in [6, 6.07) is 0.841. The largest absolute Gasteiger partial charge is 0.314 e. The lowest BCUT2D eigenvalue weighted by Gasteiger charge is -2.30. The maximum atomic E-state index is 3.58. The van der Waals surface area contributed by atoms with Crippen molar-refractivity contribution in [3.63, 3.8) is 0 Å². The number of rotatable bonds is 4. The van der Waals surface area contributed by atoms with E-state index in [0.717, 1.165) is 12.0 Å². The number of nitrogens with zero attached hydrogens (tertiary/aromatic N) is 1. The Bertz CT molecular complexity index is 167. The Balaban J connectivity index is 1.53. The predicted molar refractivity (Wildman–Crippen MR) is 65.1 cm³/mol. The first-order valence-electron chi connectivity index (χ1n) is 6.80. The van der Waals surface area contributed by atoms with Crippen LogP contribution in [0.2, 0.25) is 0 Å². The van der Waals surface area contributed by atoms with Crippen LogP contribution in [0.25, 0.3) is 0 Å². The molecule has 0 amide bonds.